The van der Waals surface area contributed by atoms with E-state index in [2.05, 4.69) is 11.9 Å². The van der Waals surface area contributed by atoms with Crippen molar-refractivity contribution in [1.82, 2.24) is 0 Å². The van der Waals surface area contributed by atoms with Crippen LogP contribution in [0.1, 0.15) is 41.0 Å². The Hall–Kier alpha value is -1.18. The van der Waals surface area contributed by atoms with Gasteiger partial charge in [-0.1, -0.05) is 18.6 Å². The maximum absolute atomic E-state index is 11.2. The molecule has 0 aliphatic carbocycles. The van der Waals surface area contributed by atoms with E-state index in [1.807, 2.05) is 26.8 Å². The molecule has 0 unspecified atom stereocenters. The van der Waals surface area contributed by atoms with Gasteiger partial charge in [-0.15, -0.1) is 0 Å². The zero-order chi connectivity index (χ0) is 11.1. The lowest BCUT2D eigenvalue weighted by Gasteiger charge is -2.01. The maximum atomic E-state index is 11.2. The van der Waals surface area contributed by atoms with Crippen molar-refractivity contribution in [3.05, 3.63) is 23.4 Å². The summed E-state index contributed by atoms with van der Waals surface area (Å²) >= 11 is 0. The van der Waals surface area contributed by atoms with Gasteiger partial charge in [-0.3, -0.25) is 9.79 Å². The summed E-state index contributed by atoms with van der Waals surface area (Å²) < 4.78 is 0. The van der Waals surface area contributed by atoms with Crippen LogP contribution in [0.25, 0.3) is 0 Å². The molecule has 0 saturated carbocycles. The van der Waals surface area contributed by atoms with Crippen LogP contribution in [0.5, 0.6) is 0 Å². The van der Waals surface area contributed by atoms with Gasteiger partial charge in [0, 0.05) is 12.6 Å². The largest absolute Gasteiger partial charge is 0.293 e. The molecule has 0 radical (unpaired) electrons. The van der Waals surface area contributed by atoms with E-state index >= 15 is 0 Å². The average Bonchev–Trinajstić information content (AvgIpc) is 2.15. The minimum atomic E-state index is 0.00588. The molecule has 0 heterocycles. The zero-order valence-corrected chi connectivity index (χ0v) is 9.72. The van der Waals surface area contributed by atoms with E-state index in [9.17, 15) is 4.79 Å². The quantitative estimate of drug-likeness (QED) is 0.630. The van der Waals surface area contributed by atoms with Crippen molar-refractivity contribution in [2.45, 2.75) is 41.0 Å². The molecule has 0 spiro atoms. The predicted molar refractivity (Wildman–Crippen MR) is 61.6 cm³/mol. The van der Waals surface area contributed by atoms with E-state index in [1.165, 1.54) is 12.5 Å². The van der Waals surface area contributed by atoms with E-state index in [4.69, 9.17) is 0 Å². The number of Topliss-reactive ketones (excluding diaryl/α,β-unsaturated/α-hetero) is 1. The van der Waals surface area contributed by atoms with E-state index in [0.29, 0.717) is 5.71 Å². The molecule has 0 N–H and O–H groups in total. The van der Waals surface area contributed by atoms with E-state index < -0.39 is 0 Å². The highest BCUT2D eigenvalue weighted by atomic mass is 16.1. The Bertz CT molecular complexity index is 295. The van der Waals surface area contributed by atoms with Gasteiger partial charge in [-0.25, -0.2) is 0 Å². The highest BCUT2D eigenvalue weighted by Crippen LogP contribution is 2.09. The summed E-state index contributed by atoms with van der Waals surface area (Å²) in [6.07, 6.45) is 4.54. The Balaban J connectivity index is 5.02. The Morgan fingerprint density at radius 2 is 1.86 bits per heavy atom. The fourth-order valence-corrected chi connectivity index (χ4v) is 0.923. The molecule has 0 atom stereocenters. The third-order valence-electron chi connectivity index (χ3n) is 2.12. The number of rotatable bonds is 4. The molecule has 2 heteroatoms. The number of hydrogen-bond acceptors (Lipinski definition) is 2. The molecule has 14 heavy (non-hydrogen) atoms. The third-order valence-corrected chi connectivity index (χ3v) is 2.12. The van der Waals surface area contributed by atoms with Crippen molar-refractivity contribution in [1.29, 1.82) is 0 Å². The van der Waals surface area contributed by atoms with Crippen molar-refractivity contribution >= 4 is 11.5 Å². The van der Waals surface area contributed by atoms with Crippen LogP contribution in [0.3, 0.4) is 0 Å². The summed E-state index contributed by atoms with van der Waals surface area (Å²) in [5, 5.41) is 0. The number of allylic oxidation sites excluding steroid dienone is 4. The van der Waals surface area contributed by atoms with Crippen LogP contribution >= 0.6 is 0 Å². The molecule has 0 aliphatic rings. The lowest BCUT2D eigenvalue weighted by atomic mass is 10.2. The van der Waals surface area contributed by atoms with Crippen LogP contribution in [-0.2, 0) is 4.79 Å². The van der Waals surface area contributed by atoms with Crippen LogP contribution in [0.15, 0.2) is 28.4 Å². The molecule has 0 saturated heterocycles. The van der Waals surface area contributed by atoms with Crippen molar-refractivity contribution in [3.63, 3.8) is 0 Å². The van der Waals surface area contributed by atoms with Gasteiger partial charge >= 0.3 is 0 Å². The van der Waals surface area contributed by atoms with Crippen LogP contribution in [0.2, 0.25) is 0 Å². The van der Waals surface area contributed by atoms with Gasteiger partial charge in [0.25, 0.3) is 0 Å². The molecule has 0 fully saturated rings. The molecular weight excluding hydrogens is 174 g/mol. The number of carbonyl (C=O) groups is 1. The lowest BCUT2D eigenvalue weighted by molar-refractivity contribution is -0.111. The Labute approximate surface area is 86.4 Å². The zero-order valence-electron chi connectivity index (χ0n) is 9.72. The van der Waals surface area contributed by atoms with Crippen LogP contribution in [0.4, 0.5) is 0 Å². The van der Waals surface area contributed by atoms with Gasteiger partial charge < -0.3 is 0 Å². The normalized spacial score (nSPS) is 14.5. The fourth-order valence-electron chi connectivity index (χ4n) is 0.923. The summed E-state index contributed by atoms with van der Waals surface area (Å²) in [6.45, 7) is 9.46. The molecular formula is C12H19NO. The minimum absolute atomic E-state index is 0.00588. The van der Waals surface area contributed by atoms with Crippen LogP contribution < -0.4 is 0 Å². The molecule has 0 aromatic rings. The third kappa shape index (κ3) is 4.17. The molecule has 0 rings (SSSR count). The molecule has 0 amide bonds. The van der Waals surface area contributed by atoms with E-state index in [-0.39, 0.29) is 5.78 Å². The summed E-state index contributed by atoms with van der Waals surface area (Å²) in [4.78, 5) is 15.5. The number of aliphatic imine (C=N–C) groups is 1. The highest BCUT2D eigenvalue weighted by Gasteiger charge is 2.01. The number of carbonyl (C=O) groups excluding carboxylic acids is 1. The summed E-state index contributed by atoms with van der Waals surface area (Å²) in [7, 11) is 0. The van der Waals surface area contributed by atoms with Gasteiger partial charge in [-0.2, -0.15) is 0 Å². The smallest absolute Gasteiger partial charge is 0.178 e. The van der Waals surface area contributed by atoms with Crippen molar-refractivity contribution in [3.8, 4) is 0 Å². The maximum Gasteiger partial charge on any atom is 0.178 e. The first-order valence-electron chi connectivity index (χ1n) is 4.91. The second-order valence-corrected chi connectivity index (χ2v) is 3.27. The van der Waals surface area contributed by atoms with E-state index in [1.54, 1.807) is 6.08 Å². The van der Waals surface area contributed by atoms with Gasteiger partial charge in [0.2, 0.25) is 0 Å². The molecule has 0 aromatic heterocycles. The summed E-state index contributed by atoms with van der Waals surface area (Å²) in [5.41, 5.74) is 2.68. The first-order chi connectivity index (χ1) is 6.52. The molecule has 78 valence electrons. The SMILES string of the molecule is C\C=C/C(=N\C(C)=C(/C)CC)C(C)=O. The average molecular weight is 193 g/mol. The first-order valence-corrected chi connectivity index (χ1v) is 4.91. The second kappa shape index (κ2) is 6.30. The van der Waals surface area contributed by atoms with Gasteiger partial charge in [0.15, 0.2) is 5.78 Å². The number of hydrogen-bond donors (Lipinski definition) is 0. The monoisotopic (exact) mass is 193 g/mol. The van der Waals surface area contributed by atoms with Gasteiger partial charge in [0.1, 0.15) is 5.71 Å². The van der Waals surface area contributed by atoms with Gasteiger partial charge in [-0.05, 0) is 33.3 Å². The van der Waals surface area contributed by atoms with Gasteiger partial charge in [0.05, 0.1) is 0 Å². The predicted octanol–water partition coefficient (Wildman–Crippen LogP) is 3.30. The first kappa shape index (κ1) is 12.8. The molecule has 0 aliphatic heterocycles. The number of nitrogens with zero attached hydrogens (tertiary/aromatic N) is 1. The Kier molecular flexibility index (Phi) is 5.77. The fraction of sp³-hybridized carbons (Fsp3) is 0.500. The summed E-state index contributed by atoms with van der Waals surface area (Å²) in [5.74, 6) is 0.00588. The molecule has 0 aromatic carbocycles. The number of ketones is 1. The van der Waals surface area contributed by atoms with Crippen molar-refractivity contribution in [2.24, 2.45) is 4.99 Å². The lowest BCUT2D eigenvalue weighted by Crippen LogP contribution is -2.06. The Morgan fingerprint density at radius 3 is 2.21 bits per heavy atom. The molecule has 2 nitrogen and oxygen atoms in total. The minimum Gasteiger partial charge on any atom is -0.293 e. The summed E-state index contributed by atoms with van der Waals surface area (Å²) in [6, 6.07) is 0. The standard InChI is InChI=1S/C12H19NO/c1-6-8-12(11(5)14)13-10(4)9(3)7-2/h6,8H,7H2,1-5H3/b8-6-,10-9+,13-12+. The van der Waals surface area contributed by atoms with Crippen LogP contribution in [0, 0.1) is 0 Å². The van der Waals surface area contributed by atoms with E-state index in [0.717, 1.165) is 12.1 Å². The second-order valence-electron chi connectivity index (χ2n) is 3.27. The topological polar surface area (TPSA) is 29.4 Å². The highest BCUT2D eigenvalue weighted by molar-refractivity contribution is 6.43. The van der Waals surface area contributed by atoms with Crippen LogP contribution in [-0.4, -0.2) is 11.5 Å². The Morgan fingerprint density at radius 1 is 1.29 bits per heavy atom. The van der Waals surface area contributed by atoms with Crippen molar-refractivity contribution in [2.75, 3.05) is 0 Å². The van der Waals surface area contributed by atoms with Crippen molar-refractivity contribution < 1.29 is 4.79 Å². The molecule has 0 bridgehead atoms.